The summed E-state index contributed by atoms with van der Waals surface area (Å²) in [4.78, 5) is 35.2. The highest BCUT2D eigenvalue weighted by Gasteiger charge is 2.73. The largest absolute Gasteiger partial charge is 0.492 e. The quantitative estimate of drug-likeness (QED) is 0.221. The van der Waals surface area contributed by atoms with Crippen molar-refractivity contribution in [1.29, 1.82) is 0 Å². The van der Waals surface area contributed by atoms with Crippen molar-refractivity contribution < 1.29 is 24.5 Å². The van der Waals surface area contributed by atoms with Gasteiger partial charge in [0.15, 0.2) is 17.6 Å². The molecule has 194 valence electrons. The number of carbonyl (C=O) groups is 2. The molecule has 5 rings (SSSR count). The summed E-state index contributed by atoms with van der Waals surface area (Å²) in [5, 5.41) is 31.4. The summed E-state index contributed by atoms with van der Waals surface area (Å²) >= 11 is 0. The van der Waals surface area contributed by atoms with E-state index in [-0.39, 0.29) is 36.3 Å². The molecule has 1 aromatic carbocycles. The molecule has 4 heterocycles. The van der Waals surface area contributed by atoms with Gasteiger partial charge in [-0.05, 0) is 17.9 Å². The first-order chi connectivity index (χ1) is 16.9. The summed E-state index contributed by atoms with van der Waals surface area (Å²) in [7, 11) is 0. The number of nitrogens with two attached hydrogens (primary N) is 2. The third-order valence-corrected chi connectivity index (χ3v) is 7.63. The van der Waals surface area contributed by atoms with Crippen molar-refractivity contribution in [3.8, 4) is 5.75 Å². The fourth-order valence-corrected chi connectivity index (χ4v) is 5.68. The molecule has 1 saturated heterocycles. The Morgan fingerprint density at radius 2 is 2.03 bits per heavy atom. The molecule has 4 atom stereocenters. The summed E-state index contributed by atoms with van der Waals surface area (Å²) in [5.41, 5.74) is 11.6. The van der Waals surface area contributed by atoms with Crippen molar-refractivity contribution in [2.75, 3.05) is 19.7 Å². The second-order valence-corrected chi connectivity index (χ2v) is 10.4. The van der Waals surface area contributed by atoms with Crippen molar-refractivity contribution in [3.63, 3.8) is 0 Å². The van der Waals surface area contributed by atoms with E-state index in [2.05, 4.69) is 39.8 Å². The molecule has 4 aliphatic rings. The first kappa shape index (κ1) is 24.1. The van der Waals surface area contributed by atoms with Crippen LogP contribution in [0, 0.1) is 0 Å². The highest BCUT2D eigenvalue weighted by molar-refractivity contribution is 5.98. The maximum absolute atomic E-state index is 13.4. The number of aliphatic hydroxyl groups is 2. The minimum atomic E-state index is -2.57. The Morgan fingerprint density at radius 1 is 1.28 bits per heavy atom. The van der Waals surface area contributed by atoms with Gasteiger partial charge in [0.2, 0.25) is 11.7 Å². The maximum Gasteiger partial charge on any atom is 0.255 e. The van der Waals surface area contributed by atoms with Crippen molar-refractivity contribution in [3.05, 3.63) is 29.3 Å². The van der Waals surface area contributed by atoms with Crippen LogP contribution in [0.2, 0.25) is 0 Å². The van der Waals surface area contributed by atoms with Crippen LogP contribution in [0.1, 0.15) is 43.1 Å². The van der Waals surface area contributed by atoms with E-state index in [9.17, 15) is 19.8 Å². The molecule has 0 saturated carbocycles. The van der Waals surface area contributed by atoms with Crippen LogP contribution >= 0.6 is 0 Å². The van der Waals surface area contributed by atoms with Crippen LogP contribution in [0.5, 0.6) is 5.75 Å². The number of guanidine groups is 2. The highest BCUT2D eigenvalue weighted by Crippen LogP contribution is 2.45. The number of benzene rings is 1. The second-order valence-electron chi connectivity index (χ2n) is 10.4. The van der Waals surface area contributed by atoms with E-state index in [4.69, 9.17) is 16.2 Å². The Balaban J connectivity index is 1.46. The molecule has 3 unspecified atom stereocenters. The van der Waals surface area contributed by atoms with E-state index in [1.54, 1.807) is 12.1 Å². The number of para-hydroxylation sites is 1. The first-order valence-corrected chi connectivity index (χ1v) is 11.9. The van der Waals surface area contributed by atoms with Crippen molar-refractivity contribution >= 4 is 23.7 Å². The molecule has 0 bridgehead atoms. The number of carbonyl (C=O) groups excluding carboxylic acids is 2. The summed E-state index contributed by atoms with van der Waals surface area (Å²) in [6.45, 7) is 6.00. The topological polar surface area (TPSA) is 200 Å². The van der Waals surface area contributed by atoms with E-state index in [1.807, 2.05) is 6.07 Å². The summed E-state index contributed by atoms with van der Waals surface area (Å²) < 4.78 is 5.86. The Kier molecular flexibility index (Phi) is 5.34. The number of amides is 2. The number of hydrogen-bond acceptors (Lipinski definition) is 11. The molecule has 13 nitrogen and oxygen atoms in total. The minimum Gasteiger partial charge on any atom is -0.492 e. The second kappa shape index (κ2) is 7.96. The Hall–Kier alpha value is -3.58. The molecule has 1 spiro atoms. The van der Waals surface area contributed by atoms with E-state index in [0.717, 1.165) is 12.0 Å². The lowest BCUT2D eigenvalue weighted by Gasteiger charge is -2.49. The molecule has 0 aliphatic carbocycles. The normalized spacial score (nSPS) is 31.0. The van der Waals surface area contributed by atoms with Gasteiger partial charge in [-0.2, -0.15) is 0 Å². The van der Waals surface area contributed by atoms with E-state index in [1.165, 1.54) is 11.8 Å². The fraction of sp³-hybridized carbons (Fsp3) is 0.565. The van der Waals surface area contributed by atoms with Crippen molar-refractivity contribution in [1.82, 2.24) is 20.9 Å². The minimum absolute atomic E-state index is 0.00500. The van der Waals surface area contributed by atoms with Crippen molar-refractivity contribution in [2.24, 2.45) is 21.5 Å². The summed E-state index contributed by atoms with van der Waals surface area (Å²) in [6, 6.07) is 2.55. The molecule has 4 aliphatic heterocycles. The van der Waals surface area contributed by atoms with Crippen LogP contribution in [0.3, 0.4) is 0 Å². The van der Waals surface area contributed by atoms with Gasteiger partial charge in [-0.25, -0.2) is 9.98 Å². The number of rotatable bonds is 4. The smallest absolute Gasteiger partial charge is 0.255 e. The lowest BCUT2D eigenvalue weighted by molar-refractivity contribution is -0.230. The zero-order chi connectivity index (χ0) is 26.0. The van der Waals surface area contributed by atoms with Crippen molar-refractivity contribution in [2.45, 2.75) is 62.2 Å². The number of ether oxygens (including phenoxy) is 1. The van der Waals surface area contributed by atoms with Gasteiger partial charge in [0.05, 0.1) is 18.2 Å². The molecule has 36 heavy (non-hydrogen) atoms. The third kappa shape index (κ3) is 3.37. The number of nitrogens with one attached hydrogen (secondary N) is 3. The SMILES string of the molecule is CC(=O)NCC1N=C(N)N2C[C@H](NC(=O)c3cccc4c3OCCC4(C)C)C(O)(O)C23NC(N)=NC13. The molecule has 9 N–H and O–H groups in total. The van der Waals surface area contributed by atoms with Gasteiger partial charge in [-0.3, -0.25) is 9.59 Å². The Morgan fingerprint density at radius 3 is 2.75 bits per heavy atom. The molecule has 1 fully saturated rings. The van der Waals surface area contributed by atoms with Gasteiger partial charge in [0, 0.05) is 25.6 Å². The third-order valence-electron chi connectivity index (χ3n) is 7.63. The lowest BCUT2D eigenvalue weighted by atomic mass is 9.79. The first-order valence-electron chi connectivity index (χ1n) is 11.9. The number of aliphatic imine (C=N–C) groups is 2. The van der Waals surface area contributed by atoms with E-state index in [0.29, 0.717) is 17.9 Å². The van der Waals surface area contributed by atoms with Crippen LogP contribution in [-0.4, -0.2) is 88.1 Å². The van der Waals surface area contributed by atoms with Gasteiger partial charge in [0.1, 0.15) is 17.8 Å². The summed E-state index contributed by atoms with van der Waals surface area (Å²) in [6.07, 6.45) is 0.814. The van der Waals surface area contributed by atoms with Gasteiger partial charge in [0.25, 0.3) is 5.91 Å². The van der Waals surface area contributed by atoms with E-state index < -0.39 is 35.5 Å². The average molecular weight is 501 g/mol. The number of fused-ring (bicyclic) bond motifs is 1. The monoisotopic (exact) mass is 500 g/mol. The van der Waals surface area contributed by atoms with Gasteiger partial charge < -0.3 is 47.3 Å². The van der Waals surface area contributed by atoms with E-state index >= 15 is 0 Å². The molecule has 0 radical (unpaired) electrons. The van der Waals surface area contributed by atoms with Crippen LogP contribution in [0.15, 0.2) is 28.2 Å². The molecular formula is C23H32N8O5. The van der Waals surface area contributed by atoms with Gasteiger partial charge in [-0.15, -0.1) is 0 Å². The molecule has 0 aromatic heterocycles. The molecule has 2 amide bonds. The van der Waals surface area contributed by atoms with Crippen LogP contribution in [-0.2, 0) is 10.2 Å². The van der Waals surface area contributed by atoms with Crippen LogP contribution in [0.25, 0.3) is 0 Å². The molecule has 1 aromatic rings. The maximum atomic E-state index is 13.4. The van der Waals surface area contributed by atoms with Gasteiger partial charge >= 0.3 is 0 Å². The predicted molar refractivity (Wildman–Crippen MR) is 130 cm³/mol. The van der Waals surface area contributed by atoms with Crippen LogP contribution in [0.4, 0.5) is 0 Å². The fourth-order valence-electron chi connectivity index (χ4n) is 5.68. The Labute approximate surface area is 208 Å². The predicted octanol–water partition coefficient (Wildman–Crippen LogP) is -2.34. The number of nitrogens with zero attached hydrogens (tertiary/aromatic N) is 3. The standard InChI is InChI=1S/C23H32N8O5/c1-11(32)26-9-14-17-22(30-19(24)29-17)23(34,35)15(10-31(22)20(25)27-14)28-18(33)12-5-4-6-13-16(12)36-8-7-21(13,2)3/h4-6,14-15,17,34-35H,7-10H2,1-3H3,(H2,25,27)(H,26,32)(H,28,33)(H3,24,29,30)/t14?,15-,17?,22?/m0/s1. The highest BCUT2D eigenvalue weighted by atomic mass is 16.5. The molecular weight excluding hydrogens is 468 g/mol. The van der Waals surface area contributed by atoms with Crippen LogP contribution < -0.4 is 32.2 Å². The lowest BCUT2D eigenvalue weighted by Crippen LogP contribution is -2.78. The number of hydrogen-bond donors (Lipinski definition) is 7. The van der Waals surface area contributed by atoms with Gasteiger partial charge in [-0.1, -0.05) is 26.0 Å². The Bertz CT molecular complexity index is 1180. The average Bonchev–Trinajstić information content (AvgIpc) is 3.26. The zero-order valence-electron chi connectivity index (χ0n) is 20.4. The summed E-state index contributed by atoms with van der Waals surface area (Å²) in [5.74, 6) is -2.91. The molecule has 13 heteroatoms. The zero-order valence-corrected chi connectivity index (χ0v) is 20.4.